The van der Waals surface area contributed by atoms with Crippen LogP contribution in [0.2, 0.25) is 0 Å². The minimum atomic E-state index is -0.948. The molecule has 0 aliphatic carbocycles. The summed E-state index contributed by atoms with van der Waals surface area (Å²) in [4.78, 5) is 16.9. The van der Waals surface area contributed by atoms with Gasteiger partial charge in [0.05, 0.1) is 42.5 Å². The monoisotopic (exact) mass is 440 g/mol. The van der Waals surface area contributed by atoms with Crippen molar-refractivity contribution in [1.29, 1.82) is 0 Å². The second-order valence-electron chi connectivity index (χ2n) is 8.08. The van der Waals surface area contributed by atoms with Crippen molar-refractivity contribution in [2.45, 2.75) is 26.0 Å². The van der Waals surface area contributed by atoms with Gasteiger partial charge in [0.15, 0.2) is 11.6 Å². The number of ether oxygens (including phenoxy) is 1. The van der Waals surface area contributed by atoms with Gasteiger partial charge in [-0.1, -0.05) is 6.07 Å². The highest BCUT2D eigenvalue weighted by atomic mass is 19.1. The number of amides is 1. The number of aliphatic hydroxyl groups is 1. The number of anilines is 3. The fourth-order valence-electron chi connectivity index (χ4n) is 3.52. The summed E-state index contributed by atoms with van der Waals surface area (Å²) >= 11 is 0. The third kappa shape index (κ3) is 4.22. The lowest BCUT2D eigenvalue weighted by Crippen LogP contribution is -2.35. The van der Waals surface area contributed by atoms with E-state index in [4.69, 9.17) is 4.74 Å². The van der Waals surface area contributed by atoms with E-state index in [0.29, 0.717) is 47.1 Å². The van der Waals surface area contributed by atoms with E-state index in [2.05, 4.69) is 26.0 Å². The van der Waals surface area contributed by atoms with E-state index in [0.717, 1.165) is 0 Å². The lowest BCUT2D eigenvalue weighted by molar-refractivity contribution is 0.0923. The van der Waals surface area contributed by atoms with Crippen molar-refractivity contribution in [2.75, 3.05) is 30.8 Å². The molecule has 1 amide bonds. The molecular formula is C22H25FN6O3. The number of rotatable bonds is 7. The summed E-state index contributed by atoms with van der Waals surface area (Å²) in [5.74, 6) is -0.779. The van der Waals surface area contributed by atoms with Gasteiger partial charge in [-0.05, 0) is 32.0 Å². The molecule has 0 saturated heterocycles. The molecule has 10 heteroatoms. The van der Waals surface area contributed by atoms with Gasteiger partial charge in [-0.3, -0.25) is 14.5 Å². The molecule has 3 heterocycles. The molecule has 1 aliphatic heterocycles. The van der Waals surface area contributed by atoms with Crippen molar-refractivity contribution in [1.82, 2.24) is 20.1 Å². The highest BCUT2D eigenvalue weighted by Gasteiger charge is 2.29. The van der Waals surface area contributed by atoms with E-state index in [1.807, 2.05) is 0 Å². The zero-order chi connectivity index (χ0) is 22.9. The Morgan fingerprint density at radius 2 is 2.12 bits per heavy atom. The number of hydrogen-bond donors (Lipinski definition) is 4. The van der Waals surface area contributed by atoms with Crippen LogP contribution in [0.5, 0.6) is 5.75 Å². The smallest absolute Gasteiger partial charge is 0.271 e. The van der Waals surface area contributed by atoms with Gasteiger partial charge >= 0.3 is 0 Å². The predicted molar refractivity (Wildman–Crippen MR) is 119 cm³/mol. The Labute approximate surface area is 184 Å². The van der Waals surface area contributed by atoms with Gasteiger partial charge in [-0.15, -0.1) is 0 Å². The molecule has 32 heavy (non-hydrogen) atoms. The molecule has 0 atom stereocenters. The minimum absolute atomic E-state index is 0.0322. The summed E-state index contributed by atoms with van der Waals surface area (Å²) in [6, 6.07) is 6.29. The Morgan fingerprint density at radius 1 is 1.31 bits per heavy atom. The molecule has 4 N–H and O–H groups in total. The molecule has 3 aromatic rings. The summed E-state index contributed by atoms with van der Waals surface area (Å²) in [7, 11) is 1.38. The van der Waals surface area contributed by atoms with Crippen molar-refractivity contribution in [2.24, 2.45) is 0 Å². The van der Waals surface area contributed by atoms with Gasteiger partial charge in [0, 0.05) is 24.8 Å². The standard InChI is InChI=1S/C22H25FN6O3/c1-22(2,31)12-26-16-11-24-8-7-13(16)17-18(19-21(30)25-9-10-29(19)28-17)27-15-6-4-5-14(23)20(15)32-3/h4-8,11,26-27,31H,9-10,12H2,1-3H3,(H,25,30). The van der Waals surface area contributed by atoms with Crippen LogP contribution in [0.1, 0.15) is 24.3 Å². The third-order valence-corrected chi connectivity index (χ3v) is 5.00. The normalized spacial score (nSPS) is 13.3. The molecule has 2 aromatic heterocycles. The van der Waals surface area contributed by atoms with Crippen molar-refractivity contribution in [3.8, 4) is 17.0 Å². The molecule has 9 nitrogen and oxygen atoms in total. The molecule has 0 saturated carbocycles. The zero-order valence-electron chi connectivity index (χ0n) is 18.1. The van der Waals surface area contributed by atoms with Crippen LogP contribution in [0, 0.1) is 5.82 Å². The first kappa shape index (κ1) is 21.6. The van der Waals surface area contributed by atoms with Crippen LogP contribution in [0.4, 0.5) is 21.5 Å². The fourth-order valence-corrected chi connectivity index (χ4v) is 3.52. The molecule has 4 rings (SSSR count). The first-order valence-corrected chi connectivity index (χ1v) is 10.2. The molecule has 0 fully saturated rings. The first-order valence-electron chi connectivity index (χ1n) is 10.2. The fraction of sp³-hybridized carbons (Fsp3) is 0.318. The maximum absolute atomic E-state index is 14.3. The molecule has 0 spiro atoms. The third-order valence-electron chi connectivity index (χ3n) is 5.00. The van der Waals surface area contributed by atoms with E-state index in [9.17, 15) is 14.3 Å². The summed E-state index contributed by atoms with van der Waals surface area (Å²) in [6.07, 6.45) is 3.25. The van der Waals surface area contributed by atoms with Crippen molar-refractivity contribution in [3.63, 3.8) is 0 Å². The van der Waals surface area contributed by atoms with E-state index >= 15 is 0 Å². The molecule has 0 bridgehead atoms. The molecule has 0 unspecified atom stereocenters. The van der Waals surface area contributed by atoms with E-state index in [-0.39, 0.29) is 18.2 Å². The van der Waals surface area contributed by atoms with E-state index in [1.54, 1.807) is 49.1 Å². The Morgan fingerprint density at radius 3 is 2.88 bits per heavy atom. The summed E-state index contributed by atoms with van der Waals surface area (Å²) in [5.41, 5.74) is 1.98. The number of nitrogens with one attached hydrogen (secondary N) is 3. The van der Waals surface area contributed by atoms with Gasteiger partial charge < -0.3 is 25.8 Å². The number of aromatic nitrogens is 3. The largest absolute Gasteiger partial charge is 0.492 e. The van der Waals surface area contributed by atoms with Crippen LogP contribution in [0.15, 0.2) is 36.7 Å². The van der Waals surface area contributed by atoms with E-state index < -0.39 is 11.4 Å². The van der Waals surface area contributed by atoms with Crippen LogP contribution in [0.25, 0.3) is 11.3 Å². The number of para-hydroxylation sites is 1. The molecule has 0 radical (unpaired) electrons. The summed E-state index contributed by atoms with van der Waals surface area (Å²) in [6.45, 7) is 4.61. The number of hydrogen-bond acceptors (Lipinski definition) is 7. The first-order chi connectivity index (χ1) is 15.3. The topological polar surface area (TPSA) is 113 Å². The Bertz CT molecular complexity index is 1160. The van der Waals surface area contributed by atoms with Gasteiger partial charge in [-0.25, -0.2) is 4.39 Å². The molecular weight excluding hydrogens is 415 g/mol. The number of fused-ring (bicyclic) bond motifs is 1. The Balaban J connectivity index is 1.85. The number of halogens is 1. The van der Waals surface area contributed by atoms with E-state index in [1.165, 1.54) is 13.2 Å². The predicted octanol–water partition coefficient (Wildman–Crippen LogP) is 2.76. The maximum Gasteiger partial charge on any atom is 0.271 e. The van der Waals surface area contributed by atoms with Crippen LogP contribution in [-0.2, 0) is 6.54 Å². The minimum Gasteiger partial charge on any atom is -0.492 e. The number of nitrogens with zero attached hydrogens (tertiary/aromatic N) is 3. The lowest BCUT2D eigenvalue weighted by atomic mass is 10.1. The van der Waals surface area contributed by atoms with Crippen LogP contribution in [0.3, 0.4) is 0 Å². The van der Waals surface area contributed by atoms with Gasteiger partial charge in [0.2, 0.25) is 0 Å². The van der Waals surface area contributed by atoms with Crippen LogP contribution < -0.4 is 20.7 Å². The van der Waals surface area contributed by atoms with Crippen molar-refractivity contribution in [3.05, 3.63) is 48.2 Å². The second kappa shape index (κ2) is 8.46. The Kier molecular flexibility index (Phi) is 5.70. The van der Waals surface area contributed by atoms with Crippen LogP contribution >= 0.6 is 0 Å². The van der Waals surface area contributed by atoms with Crippen molar-refractivity contribution >= 4 is 23.0 Å². The molecule has 168 valence electrons. The number of carbonyl (C=O) groups is 1. The Hall–Kier alpha value is -3.66. The lowest BCUT2D eigenvalue weighted by Gasteiger charge is -2.20. The number of methoxy groups -OCH3 is 1. The quantitative estimate of drug-likeness (QED) is 0.447. The summed E-state index contributed by atoms with van der Waals surface area (Å²) < 4.78 is 21.1. The SMILES string of the molecule is COc1c(F)cccc1Nc1c(-c2ccncc2NCC(C)(C)O)nn2c1C(=O)NCC2. The average molecular weight is 440 g/mol. The summed E-state index contributed by atoms with van der Waals surface area (Å²) in [5, 5.41) is 24.0. The van der Waals surface area contributed by atoms with Crippen LogP contribution in [-0.4, -0.2) is 51.6 Å². The average Bonchev–Trinajstić information content (AvgIpc) is 3.11. The van der Waals surface area contributed by atoms with Gasteiger partial charge in [0.25, 0.3) is 5.91 Å². The highest BCUT2D eigenvalue weighted by molar-refractivity contribution is 6.03. The highest BCUT2D eigenvalue weighted by Crippen LogP contribution is 2.39. The number of pyridine rings is 1. The van der Waals surface area contributed by atoms with Gasteiger partial charge in [0.1, 0.15) is 11.4 Å². The second-order valence-corrected chi connectivity index (χ2v) is 8.08. The number of carbonyl (C=O) groups excluding carboxylic acids is 1. The molecule has 1 aromatic carbocycles. The maximum atomic E-state index is 14.3. The zero-order valence-corrected chi connectivity index (χ0v) is 18.1. The van der Waals surface area contributed by atoms with Gasteiger partial charge in [-0.2, -0.15) is 5.10 Å². The molecule has 1 aliphatic rings. The van der Waals surface area contributed by atoms with Crippen molar-refractivity contribution < 1.29 is 19.0 Å². The number of benzene rings is 1.